The third-order valence-corrected chi connectivity index (χ3v) is 3.69. The van der Waals surface area contributed by atoms with E-state index < -0.39 is 0 Å². The van der Waals surface area contributed by atoms with Gasteiger partial charge in [0.25, 0.3) is 0 Å². The minimum atomic E-state index is 0.134. The maximum Gasteiger partial charge on any atom is 0.223 e. The second kappa shape index (κ2) is 7.41. The minimum Gasteiger partial charge on any atom is -0.382 e. The molecule has 4 heteroatoms. The zero-order valence-electron chi connectivity index (χ0n) is 12.2. The molecule has 2 atom stereocenters. The monoisotopic (exact) mass is 277 g/mol. The number of nitrogens with one attached hydrogen (secondary N) is 1. The zero-order chi connectivity index (χ0) is 14.4. The van der Waals surface area contributed by atoms with Gasteiger partial charge in [0.2, 0.25) is 5.91 Å². The molecule has 0 heterocycles. The van der Waals surface area contributed by atoms with E-state index in [1.165, 1.54) is 11.1 Å². The Kier molecular flexibility index (Phi) is 5.56. The molecule has 1 aromatic carbocycles. The maximum atomic E-state index is 12.0. The molecule has 0 unspecified atom stereocenters. The van der Waals surface area contributed by atoms with Crippen LogP contribution in [-0.4, -0.2) is 39.4 Å². The van der Waals surface area contributed by atoms with Gasteiger partial charge in [0, 0.05) is 19.6 Å². The largest absolute Gasteiger partial charge is 0.382 e. The van der Waals surface area contributed by atoms with Gasteiger partial charge in [0.1, 0.15) is 0 Å². The van der Waals surface area contributed by atoms with Gasteiger partial charge in [0.05, 0.1) is 19.8 Å². The van der Waals surface area contributed by atoms with Gasteiger partial charge in [-0.15, -0.1) is 0 Å². The predicted octanol–water partition coefficient (Wildman–Crippen LogP) is 1.88. The summed E-state index contributed by atoms with van der Waals surface area (Å²) in [4.78, 5) is 12.0. The Morgan fingerprint density at radius 1 is 1.30 bits per heavy atom. The quantitative estimate of drug-likeness (QED) is 0.738. The first-order chi connectivity index (χ1) is 9.74. The van der Waals surface area contributed by atoms with Gasteiger partial charge >= 0.3 is 0 Å². The van der Waals surface area contributed by atoms with Gasteiger partial charge < -0.3 is 14.8 Å². The van der Waals surface area contributed by atoms with Crippen molar-refractivity contribution in [2.24, 2.45) is 5.92 Å². The number of ether oxygens (including phenoxy) is 2. The lowest BCUT2D eigenvalue weighted by Crippen LogP contribution is -2.29. The van der Waals surface area contributed by atoms with Crippen molar-refractivity contribution in [3.05, 3.63) is 35.4 Å². The van der Waals surface area contributed by atoms with E-state index in [9.17, 15) is 4.79 Å². The number of carbonyl (C=O) groups excluding carboxylic acids is 1. The van der Waals surface area contributed by atoms with Crippen LogP contribution in [-0.2, 0) is 14.3 Å². The average Bonchev–Trinajstić information content (AvgIpc) is 3.23. The SMILES string of the molecule is COCCOCCNC(=O)[C@H]1C[C@H]1c1ccccc1C. The highest BCUT2D eigenvalue weighted by Crippen LogP contribution is 2.48. The summed E-state index contributed by atoms with van der Waals surface area (Å²) < 4.78 is 10.2. The molecular formula is C16H23NO3. The average molecular weight is 277 g/mol. The Balaban J connectivity index is 1.67. The summed E-state index contributed by atoms with van der Waals surface area (Å²) in [5.74, 6) is 0.675. The topological polar surface area (TPSA) is 47.6 Å². The van der Waals surface area contributed by atoms with Gasteiger partial charge in [-0.2, -0.15) is 0 Å². The van der Waals surface area contributed by atoms with Crippen LogP contribution in [0.1, 0.15) is 23.5 Å². The molecule has 0 saturated heterocycles. The zero-order valence-corrected chi connectivity index (χ0v) is 12.2. The molecule has 1 amide bonds. The van der Waals surface area contributed by atoms with Crippen LogP contribution in [0.3, 0.4) is 0 Å². The number of hydrogen-bond donors (Lipinski definition) is 1. The Morgan fingerprint density at radius 3 is 2.85 bits per heavy atom. The van der Waals surface area contributed by atoms with Crippen molar-refractivity contribution < 1.29 is 14.3 Å². The summed E-state index contributed by atoms with van der Waals surface area (Å²) in [5, 5.41) is 2.94. The molecule has 1 saturated carbocycles. The molecule has 0 radical (unpaired) electrons. The summed E-state index contributed by atoms with van der Waals surface area (Å²) in [7, 11) is 1.64. The number of aryl methyl sites for hydroxylation is 1. The summed E-state index contributed by atoms with van der Waals surface area (Å²) >= 11 is 0. The third kappa shape index (κ3) is 4.05. The highest BCUT2D eigenvalue weighted by Gasteiger charge is 2.44. The van der Waals surface area contributed by atoms with Crippen molar-refractivity contribution in [3.63, 3.8) is 0 Å². The molecule has 20 heavy (non-hydrogen) atoms. The maximum absolute atomic E-state index is 12.0. The van der Waals surface area contributed by atoms with Crippen LogP contribution < -0.4 is 5.32 Å². The fourth-order valence-corrected chi connectivity index (χ4v) is 2.45. The van der Waals surface area contributed by atoms with Crippen molar-refractivity contribution >= 4 is 5.91 Å². The normalized spacial score (nSPS) is 20.7. The van der Waals surface area contributed by atoms with Crippen LogP contribution in [0.5, 0.6) is 0 Å². The van der Waals surface area contributed by atoms with Gasteiger partial charge in [-0.05, 0) is 30.4 Å². The summed E-state index contributed by atoms with van der Waals surface area (Å²) in [5.41, 5.74) is 2.58. The number of carbonyl (C=O) groups is 1. The van der Waals surface area contributed by atoms with Gasteiger partial charge in [-0.25, -0.2) is 0 Å². The number of methoxy groups -OCH3 is 1. The number of benzene rings is 1. The molecule has 2 rings (SSSR count). The first kappa shape index (κ1) is 15.0. The number of rotatable bonds is 8. The third-order valence-electron chi connectivity index (χ3n) is 3.69. The van der Waals surface area contributed by atoms with E-state index in [2.05, 4.69) is 24.4 Å². The van der Waals surface area contributed by atoms with Crippen LogP contribution in [0, 0.1) is 12.8 Å². The van der Waals surface area contributed by atoms with Crippen molar-refractivity contribution in [2.45, 2.75) is 19.3 Å². The van der Waals surface area contributed by atoms with E-state index in [1.807, 2.05) is 12.1 Å². The van der Waals surface area contributed by atoms with Crippen LogP contribution in [0.2, 0.25) is 0 Å². The fourth-order valence-electron chi connectivity index (χ4n) is 2.45. The Labute approximate surface area is 120 Å². The second-order valence-electron chi connectivity index (χ2n) is 5.20. The molecular weight excluding hydrogens is 254 g/mol. The van der Waals surface area contributed by atoms with E-state index >= 15 is 0 Å². The van der Waals surface area contributed by atoms with Gasteiger partial charge in [-0.1, -0.05) is 24.3 Å². The number of amides is 1. The highest BCUT2D eigenvalue weighted by atomic mass is 16.5. The Bertz CT molecular complexity index is 447. The summed E-state index contributed by atoms with van der Waals surface area (Å²) in [6.07, 6.45) is 0.960. The molecule has 0 aromatic heterocycles. The summed E-state index contributed by atoms with van der Waals surface area (Å²) in [6, 6.07) is 8.31. The van der Waals surface area contributed by atoms with Crippen LogP contribution in [0.4, 0.5) is 0 Å². The smallest absolute Gasteiger partial charge is 0.223 e. The molecule has 110 valence electrons. The lowest BCUT2D eigenvalue weighted by molar-refractivity contribution is -0.122. The first-order valence-electron chi connectivity index (χ1n) is 7.14. The van der Waals surface area contributed by atoms with Crippen molar-refractivity contribution in [3.8, 4) is 0 Å². The van der Waals surface area contributed by atoms with Crippen molar-refractivity contribution in [1.29, 1.82) is 0 Å². The van der Waals surface area contributed by atoms with Crippen molar-refractivity contribution in [1.82, 2.24) is 5.32 Å². The fraction of sp³-hybridized carbons (Fsp3) is 0.562. The van der Waals surface area contributed by atoms with Crippen LogP contribution in [0.15, 0.2) is 24.3 Å². The standard InChI is InChI=1S/C16H23NO3/c1-12-5-3-4-6-13(12)14-11-15(14)16(18)17-7-8-20-10-9-19-2/h3-6,14-15H,7-11H2,1-2H3,(H,17,18)/t14-,15-/m0/s1. The lowest BCUT2D eigenvalue weighted by Gasteiger charge is -2.07. The van der Waals surface area contributed by atoms with E-state index in [-0.39, 0.29) is 11.8 Å². The van der Waals surface area contributed by atoms with Gasteiger partial charge in [-0.3, -0.25) is 4.79 Å². The molecule has 1 aliphatic rings. The molecule has 0 aliphatic heterocycles. The molecule has 1 N–H and O–H groups in total. The first-order valence-corrected chi connectivity index (χ1v) is 7.14. The molecule has 4 nitrogen and oxygen atoms in total. The van der Waals surface area contributed by atoms with E-state index in [1.54, 1.807) is 7.11 Å². The predicted molar refractivity (Wildman–Crippen MR) is 77.7 cm³/mol. The van der Waals surface area contributed by atoms with Gasteiger partial charge in [0.15, 0.2) is 0 Å². The minimum absolute atomic E-state index is 0.134. The molecule has 0 spiro atoms. The number of hydrogen-bond acceptors (Lipinski definition) is 3. The molecule has 1 aromatic rings. The second-order valence-corrected chi connectivity index (χ2v) is 5.20. The van der Waals surface area contributed by atoms with Crippen molar-refractivity contribution in [2.75, 3.05) is 33.5 Å². The van der Waals surface area contributed by atoms with Crippen LogP contribution >= 0.6 is 0 Å². The molecule has 1 aliphatic carbocycles. The Morgan fingerprint density at radius 2 is 2.10 bits per heavy atom. The molecule has 0 bridgehead atoms. The van der Waals surface area contributed by atoms with Crippen LogP contribution in [0.25, 0.3) is 0 Å². The Hall–Kier alpha value is -1.39. The molecule has 1 fully saturated rings. The van der Waals surface area contributed by atoms with E-state index in [0.29, 0.717) is 32.3 Å². The summed E-state index contributed by atoms with van der Waals surface area (Å²) in [6.45, 7) is 4.37. The van der Waals surface area contributed by atoms with E-state index in [0.717, 1.165) is 6.42 Å². The lowest BCUT2D eigenvalue weighted by atomic mass is 10.0. The highest BCUT2D eigenvalue weighted by molar-refractivity contribution is 5.83. The van der Waals surface area contributed by atoms with E-state index in [4.69, 9.17) is 9.47 Å².